The first-order valence-corrected chi connectivity index (χ1v) is 7.51. The third-order valence-electron chi connectivity index (χ3n) is 3.18. The maximum absolute atomic E-state index is 5.83. The Morgan fingerprint density at radius 2 is 1.68 bits per heavy atom. The second-order valence-electron chi connectivity index (χ2n) is 4.57. The molecule has 96 valence electrons. The molecule has 2 aromatic rings. The van der Waals surface area contributed by atoms with Crippen molar-refractivity contribution in [3.63, 3.8) is 0 Å². The zero-order valence-electron chi connectivity index (χ0n) is 10.7. The highest BCUT2D eigenvalue weighted by Gasteiger charge is 2.09. The Kier molecular flexibility index (Phi) is 4.01. The second-order valence-corrected chi connectivity index (χ2v) is 5.51. The van der Waals surface area contributed by atoms with E-state index in [0.717, 1.165) is 5.75 Å². The summed E-state index contributed by atoms with van der Waals surface area (Å²) in [6, 6.07) is 19.0. The summed E-state index contributed by atoms with van der Waals surface area (Å²) in [5, 5.41) is 2.11. The fourth-order valence-corrected chi connectivity index (χ4v) is 2.87. The minimum absolute atomic E-state index is 0.277. The molecule has 1 aliphatic heterocycles. The molecule has 2 aromatic carbocycles. The molecule has 0 saturated carbocycles. The Morgan fingerprint density at radius 3 is 2.37 bits per heavy atom. The summed E-state index contributed by atoms with van der Waals surface area (Å²) in [6.07, 6.45) is 2.40. The first kappa shape index (κ1) is 12.5. The van der Waals surface area contributed by atoms with Gasteiger partial charge in [0.15, 0.2) is 0 Å². The molecule has 0 amide bonds. The van der Waals surface area contributed by atoms with Gasteiger partial charge in [0, 0.05) is 5.75 Å². The summed E-state index contributed by atoms with van der Waals surface area (Å²) in [5.41, 5.74) is 3.73. The van der Waals surface area contributed by atoms with E-state index >= 15 is 0 Å². The van der Waals surface area contributed by atoms with Crippen molar-refractivity contribution >= 4 is 11.8 Å². The number of ether oxygens (including phenoxy) is 1. The zero-order chi connectivity index (χ0) is 12.9. The van der Waals surface area contributed by atoms with Crippen LogP contribution in [0.5, 0.6) is 0 Å². The lowest BCUT2D eigenvalue weighted by Crippen LogP contribution is -2.09. The van der Waals surface area contributed by atoms with Gasteiger partial charge in [-0.25, -0.2) is 0 Å². The zero-order valence-corrected chi connectivity index (χ0v) is 11.5. The first-order valence-electron chi connectivity index (χ1n) is 6.46. The highest BCUT2D eigenvalue weighted by molar-refractivity contribution is 8.02. The van der Waals surface area contributed by atoms with E-state index in [-0.39, 0.29) is 6.10 Å². The normalized spacial score (nSPS) is 17.8. The Balaban J connectivity index is 1.64. The van der Waals surface area contributed by atoms with Crippen LogP contribution in [0.2, 0.25) is 0 Å². The predicted molar refractivity (Wildman–Crippen MR) is 82.1 cm³/mol. The van der Waals surface area contributed by atoms with Crippen LogP contribution in [0, 0.1) is 0 Å². The molecule has 0 N–H and O–H groups in total. The van der Waals surface area contributed by atoms with Crippen molar-refractivity contribution < 1.29 is 4.74 Å². The molecule has 0 fully saturated rings. The molecule has 1 heterocycles. The van der Waals surface area contributed by atoms with Crippen LogP contribution in [0.25, 0.3) is 11.1 Å². The standard InChI is InChI=1S/C17H16OS/c1-2-4-15(5-3-1)16-8-6-14(7-9-16)12-18-17-10-11-19-13-17/h1-11,17H,12-13H2. The Labute approximate surface area is 118 Å². The number of hydrogen-bond donors (Lipinski definition) is 0. The van der Waals surface area contributed by atoms with Crippen molar-refractivity contribution in [1.82, 2.24) is 0 Å². The first-order chi connectivity index (χ1) is 9.42. The molecule has 3 rings (SSSR count). The third-order valence-corrected chi connectivity index (χ3v) is 4.05. The summed E-state index contributed by atoms with van der Waals surface area (Å²) >= 11 is 1.81. The Morgan fingerprint density at radius 1 is 0.947 bits per heavy atom. The summed E-state index contributed by atoms with van der Waals surface area (Å²) in [7, 11) is 0. The lowest BCUT2D eigenvalue weighted by Gasteiger charge is -2.10. The molecule has 0 saturated heterocycles. The van der Waals surface area contributed by atoms with Crippen LogP contribution in [-0.2, 0) is 11.3 Å². The molecule has 1 aliphatic rings. The van der Waals surface area contributed by atoms with Gasteiger partial charge >= 0.3 is 0 Å². The monoisotopic (exact) mass is 268 g/mol. The second kappa shape index (κ2) is 6.09. The van der Waals surface area contributed by atoms with Crippen molar-refractivity contribution in [2.45, 2.75) is 12.7 Å². The SMILES string of the molecule is C1=CC(OCc2ccc(-c3ccccc3)cc2)CS1. The predicted octanol–water partition coefficient (Wildman–Crippen LogP) is 4.50. The van der Waals surface area contributed by atoms with Crippen LogP contribution in [0.4, 0.5) is 0 Å². The van der Waals surface area contributed by atoms with Crippen molar-refractivity contribution in [2.24, 2.45) is 0 Å². The van der Waals surface area contributed by atoms with Crippen LogP contribution in [0.3, 0.4) is 0 Å². The van der Waals surface area contributed by atoms with Crippen LogP contribution in [-0.4, -0.2) is 11.9 Å². The van der Waals surface area contributed by atoms with Gasteiger partial charge in [-0.1, -0.05) is 54.6 Å². The fourth-order valence-electron chi connectivity index (χ4n) is 2.08. The van der Waals surface area contributed by atoms with Gasteiger partial charge in [-0.05, 0) is 28.2 Å². The van der Waals surface area contributed by atoms with Crippen molar-refractivity contribution in [2.75, 3.05) is 5.75 Å². The molecular formula is C17H16OS. The van der Waals surface area contributed by atoms with Gasteiger partial charge in [-0.3, -0.25) is 0 Å². The average Bonchev–Trinajstić information content (AvgIpc) is 3.00. The molecule has 0 aromatic heterocycles. The molecule has 1 nitrogen and oxygen atoms in total. The lowest BCUT2D eigenvalue weighted by atomic mass is 10.0. The number of benzene rings is 2. The van der Waals surface area contributed by atoms with Crippen molar-refractivity contribution in [3.8, 4) is 11.1 Å². The molecule has 0 aliphatic carbocycles. The molecule has 19 heavy (non-hydrogen) atoms. The Hall–Kier alpha value is -1.51. The van der Waals surface area contributed by atoms with Gasteiger partial charge in [0.1, 0.15) is 0 Å². The van der Waals surface area contributed by atoms with Gasteiger partial charge in [0.25, 0.3) is 0 Å². The fraction of sp³-hybridized carbons (Fsp3) is 0.176. The van der Waals surface area contributed by atoms with E-state index in [1.54, 1.807) is 0 Å². The highest BCUT2D eigenvalue weighted by atomic mass is 32.2. The Bertz CT molecular complexity index is 545. The van der Waals surface area contributed by atoms with Gasteiger partial charge in [0.05, 0.1) is 12.7 Å². The maximum atomic E-state index is 5.83. The summed E-state index contributed by atoms with van der Waals surface area (Å²) < 4.78 is 5.83. The molecule has 2 heteroatoms. The van der Waals surface area contributed by atoms with E-state index in [4.69, 9.17) is 4.74 Å². The topological polar surface area (TPSA) is 9.23 Å². The lowest BCUT2D eigenvalue weighted by molar-refractivity contribution is 0.0883. The van der Waals surface area contributed by atoms with Crippen molar-refractivity contribution in [3.05, 3.63) is 71.6 Å². The van der Waals surface area contributed by atoms with E-state index in [0.29, 0.717) is 6.61 Å². The van der Waals surface area contributed by atoms with Gasteiger partial charge < -0.3 is 4.74 Å². The molecule has 1 unspecified atom stereocenters. The minimum atomic E-state index is 0.277. The molecule has 0 spiro atoms. The summed E-state index contributed by atoms with van der Waals surface area (Å²) in [6.45, 7) is 0.685. The van der Waals surface area contributed by atoms with Crippen LogP contribution in [0.15, 0.2) is 66.1 Å². The van der Waals surface area contributed by atoms with Gasteiger partial charge in [0.2, 0.25) is 0 Å². The van der Waals surface area contributed by atoms with Crippen LogP contribution >= 0.6 is 11.8 Å². The smallest absolute Gasteiger partial charge is 0.0861 e. The van der Waals surface area contributed by atoms with E-state index in [1.807, 2.05) is 17.8 Å². The molecule has 0 radical (unpaired) electrons. The highest BCUT2D eigenvalue weighted by Crippen LogP contribution is 2.21. The molecule has 0 bridgehead atoms. The number of hydrogen-bond acceptors (Lipinski definition) is 2. The third kappa shape index (κ3) is 3.28. The largest absolute Gasteiger partial charge is 0.369 e. The summed E-state index contributed by atoms with van der Waals surface area (Å²) in [5.74, 6) is 1.04. The number of rotatable bonds is 4. The van der Waals surface area contributed by atoms with E-state index in [9.17, 15) is 0 Å². The van der Waals surface area contributed by atoms with Gasteiger partial charge in [-0.2, -0.15) is 0 Å². The number of thioether (sulfide) groups is 1. The van der Waals surface area contributed by atoms with Gasteiger partial charge in [-0.15, -0.1) is 11.8 Å². The average molecular weight is 268 g/mol. The quantitative estimate of drug-likeness (QED) is 0.807. The molecular weight excluding hydrogens is 252 g/mol. The van der Waals surface area contributed by atoms with E-state index in [2.05, 4.69) is 60.0 Å². The van der Waals surface area contributed by atoms with Crippen LogP contribution < -0.4 is 0 Å². The van der Waals surface area contributed by atoms with E-state index in [1.165, 1.54) is 16.7 Å². The van der Waals surface area contributed by atoms with E-state index < -0.39 is 0 Å². The minimum Gasteiger partial charge on any atom is -0.369 e. The van der Waals surface area contributed by atoms with Crippen molar-refractivity contribution in [1.29, 1.82) is 0 Å². The summed E-state index contributed by atoms with van der Waals surface area (Å²) in [4.78, 5) is 0. The van der Waals surface area contributed by atoms with Crippen LogP contribution in [0.1, 0.15) is 5.56 Å². The molecule has 1 atom stereocenters. The maximum Gasteiger partial charge on any atom is 0.0861 e.